The van der Waals surface area contributed by atoms with Gasteiger partial charge in [0.25, 0.3) is 0 Å². The molecule has 0 radical (unpaired) electrons. The van der Waals surface area contributed by atoms with Gasteiger partial charge in [-0.1, -0.05) is 19.1 Å². The van der Waals surface area contributed by atoms with E-state index in [1.54, 1.807) is 13.0 Å². The summed E-state index contributed by atoms with van der Waals surface area (Å²) in [7, 11) is -3.54. The molecule has 7 nitrogen and oxygen atoms in total. The minimum Gasteiger partial charge on any atom is -0.481 e. The van der Waals surface area contributed by atoms with Crippen LogP contribution in [-0.4, -0.2) is 42.4 Å². The van der Waals surface area contributed by atoms with Crippen LogP contribution in [0.2, 0.25) is 0 Å². The fourth-order valence-electron chi connectivity index (χ4n) is 1.80. The Morgan fingerprint density at radius 1 is 1.24 bits per heavy atom. The van der Waals surface area contributed by atoms with E-state index in [0.29, 0.717) is 6.42 Å². The van der Waals surface area contributed by atoms with E-state index >= 15 is 0 Å². The first kappa shape index (κ1) is 17.0. The maximum atomic E-state index is 12.1. The van der Waals surface area contributed by atoms with Crippen LogP contribution in [0.25, 0.3) is 0 Å². The molecule has 1 rings (SSSR count). The number of hydrogen-bond donors (Lipinski definition) is 3. The second kappa shape index (κ2) is 7.07. The number of carbonyl (C=O) groups is 2. The lowest BCUT2D eigenvalue weighted by Gasteiger charge is -2.17. The van der Waals surface area contributed by atoms with Gasteiger partial charge in [0.2, 0.25) is 0 Å². The zero-order chi connectivity index (χ0) is 16.0. The molecule has 1 atom stereocenters. The third kappa shape index (κ3) is 4.75. The number of rotatable bonds is 8. The van der Waals surface area contributed by atoms with Crippen LogP contribution < -0.4 is 5.32 Å². The van der Waals surface area contributed by atoms with Crippen molar-refractivity contribution in [1.29, 1.82) is 0 Å². The minimum atomic E-state index is -3.54. The Bertz CT molecular complexity index is 625. The van der Waals surface area contributed by atoms with Crippen LogP contribution in [0.15, 0.2) is 29.2 Å². The van der Waals surface area contributed by atoms with E-state index in [-0.39, 0.29) is 16.3 Å². The third-order valence-electron chi connectivity index (χ3n) is 2.70. The van der Waals surface area contributed by atoms with E-state index in [2.05, 4.69) is 5.32 Å². The molecule has 0 bridgehead atoms. The molecule has 8 heteroatoms. The highest BCUT2D eigenvalue weighted by atomic mass is 32.2. The quantitative estimate of drug-likeness (QED) is 0.659. The van der Waals surface area contributed by atoms with E-state index in [1.807, 2.05) is 0 Å². The molecule has 0 fully saturated rings. The third-order valence-corrected chi connectivity index (χ3v) is 4.67. The van der Waals surface area contributed by atoms with Crippen molar-refractivity contribution in [3.63, 3.8) is 0 Å². The van der Waals surface area contributed by atoms with E-state index in [0.717, 1.165) is 0 Å². The highest BCUT2D eigenvalue weighted by Gasteiger charge is 2.24. The minimum absolute atomic E-state index is 0.0245. The average molecular weight is 315 g/mol. The summed E-state index contributed by atoms with van der Waals surface area (Å²) in [4.78, 5) is 21.7. The zero-order valence-electron chi connectivity index (χ0n) is 11.4. The standard InChI is InChI=1S/C13H17NO6S/c1-2-7-21(19,20)11-6-4-3-5-9(11)14-10(13(17)18)8-12(15)16/h3-6,10,14H,2,7-8H2,1H3,(H,15,16)(H,17,18). The van der Waals surface area contributed by atoms with Gasteiger partial charge in [-0.2, -0.15) is 0 Å². The van der Waals surface area contributed by atoms with Gasteiger partial charge in [0.1, 0.15) is 6.04 Å². The number of nitrogens with one attached hydrogen (secondary N) is 1. The molecule has 0 aliphatic carbocycles. The summed E-state index contributed by atoms with van der Waals surface area (Å²) >= 11 is 0. The van der Waals surface area contributed by atoms with Crippen LogP contribution in [0.5, 0.6) is 0 Å². The van der Waals surface area contributed by atoms with Crippen molar-refractivity contribution in [1.82, 2.24) is 0 Å². The molecule has 1 unspecified atom stereocenters. The molecule has 0 aliphatic heterocycles. The summed E-state index contributed by atoms with van der Waals surface area (Å²) in [6.45, 7) is 1.72. The van der Waals surface area contributed by atoms with Crippen molar-refractivity contribution in [3.05, 3.63) is 24.3 Å². The maximum Gasteiger partial charge on any atom is 0.326 e. The molecule has 1 aromatic rings. The first-order valence-corrected chi connectivity index (χ1v) is 7.96. The number of para-hydroxylation sites is 1. The summed E-state index contributed by atoms with van der Waals surface area (Å²) in [6.07, 6.45) is -0.231. The predicted molar refractivity (Wildman–Crippen MR) is 76.1 cm³/mol. The Morgan fingerprint density at radius 2 is 1.86 bits per heavy atom. The molecule has 0 heterocycles. The largest absolute Gasteiger partial charge is 0.481 e. The molecule has 0 aromatic heterocycles. The first-order valence-electron chi connectivity index (χ1n) is 6.31. The second-order valence-electron chi connectivity index (χ2n) is 4.45. The number of carboxylic acid groups (broad SMARTS) is 2. The molecule has 0 spiro atoms. The summed E-state index contributed by atoms with van der Waals surface area (Å²) in [5.74, 6) is -2.72. The molecule has 3 N–H and O–H groups in total. The van der Waals surface area contributed by atoms with Gasteiger partial charge < -0.3 is 15.5 Å². The van der Waals surface area contributed by atoms with E-state index < -0.39 is 34.2 Å². The second-order valence-corrected chi connectivity index (χ2v) is 6.53. The summed E-state index contributed by atoms with van der Waals surface area (Å²) in [5, 5.41) is 20.2. The van der Waals surface area contributed by atoms with E-state index in [9.17, 15) is 18.0 Å². The van der Waals surface area contributed by atoms with Crippen molar-refractivity contribution in [2.75, 3.05) is 11.1 Å². The zero-order valence-corrected chi connectivity index (χ0v) is 12.3. The summed E-state index contributed by atoms with van der Waals surface area (Å²) < 4.78 is 24.2. The van der Waals surface area contributed by atoms with Gasteiger partial charge in [0, 0.05) is 0 Å². The number of benzene rings is 1. The van der Waals surface area contributed by atoms with Gasteiger partial charge in [0.05, 0.1) is 22.8 Å². The van der Waals surface area contributed by atoms with E-state index in [4.69, 9.17) is 10.2 Å². The van der Waals surface area contributed by atoms with E-state index in [1.165, 1.54) is 18.2 Å². The topological polar surface area (TPSA) is 121 Å². The Balaban J connectivity index is 3.14. The van der Waals surface area contributed by atoms with Gasteiger partial charge in [-0.05, 0) is 18.6 Å². The molecule has 0 saturated heterocycles. The molecule has 0 amide bonds. The van der Waals surface area contributed by atoms with Crippen molar-refractivity contribution in [3.8, 4) is 0 Å². The SMILES string of the molecule is CCCS(=O)(=O)c1ccccc1NC(CC(=O)O)C(=O)O. The number of anilines is 1. The molecule has 0 saturated carbocycles. The van der Waals surface area contributed by atoms with Crippen LogP contribution in [-0.2, 0) is 19.4 Å². The van der Waals surface area contributed by atoms with Crippen molar-refractivity contribution < 1.29 is 28.2 Å². The number of sulfone groups is 1. The Hall–Kier alpha value is -2.09. The van der Waals surface area contributed by atoms with Crippen molar-refractivity contribution >= 4 is 27.5 Å². The molecule has 1 aromatic carbocycles. The van der Waals surface area contributed by atoms with Crippen LogP contribution in [0.1, 0.15) is 19.8 Å². The molecule has 21 heavy (non-hydrogen) atoms. The Kier molecular flexibility index (Phi) is 5.71. The highest BCUT2D eigenvalue weighted by molar-refractivity contribution is 7.91. The number of aliphatic carboxylic acids is 2. The fraction of sp³-hybridized carbons (Fsp3) is 0.385. The van der Waals surface area contributed by atoms with Crippen LogP contribution in [0.3, 0.4) is 0 Å². The lowest BCUT2D eigenvalue weighted by molar-refractivity contribution is -0.144. The number of carboxylic acids is 2. The normalized spacial score (nSPS) is 12.6. The summed E-state index contributed by atoms with van der Waals surface area (Å²) in [5.41, 5.74) is 0.0969. The monoisotopic (exact) mass is 315 g/mol. The van der Waals surface area contributed by atoms with Gasteiger partial charge >= 0.3 is 11.9 Å². The molecule has 116 valence electrons. The van der Waals surface area contributed by atoms with Crippen LogP contribution in [0.4, 0.5) is 5.69 Å². The Labute approximate surface area is 122 Å². The van der Waals surface area contributed by atoms with Crippen LogP contribution >= 0.6 is 0 Å². The smallest absolute Gasteiger partial charge is 0.326 e. The van der Waals surface area contributed by atoms with Gasteiger partial charge in [-0.15, -0.1) is 0 Å². The Morgan fingerprint density at radius 3 is 2.38 bits per heavy atom. The van der Waals surface area contributed by atoms with Crippen molar-refractivity contribution in [2.24, 2.45) is 0 Å². The van der Waals surface area contributed by atoms with Crippen LogP contribution in [0, 0.1) is 0 Å². The highest BCUT2D eigenvalue weighted by Crippen LogP contribution is 2.23. The lowest BCUT2D eigenvalue weighted by atomic mass is 10.2. The lowest BCUT2D eigenvalue weighted by Crippen LogP contribution is -2.32. The molecular weight excluding hydrogens is 298 g/mol. The molecule has 0 aliphatic rings. The van der Waals surface area contributed by atoms with Crippen molar-refractivity contribution in [2.45, 2.75) is 30.7 Å². The number of hydrogen-bond acceptors (Lipinski definition) is 5. The van der Waals surface area contributed by atoms with Gasteiger partial charge in [-0.3, -0.25) is 4.79 Å². The van der Waals surface area contributed by atoms with Gasteiger partial charge in [-0.25, -0.2) is 13.2 Å². The average Bonchev–Trinajstić information content (AvgIpc) is 2.37. The van der Waals surface area contributed by atoms with Gasteiger partial charge in [0.15, 0.2) is 9.84 Å². The fourth-order valence-corrected chi connectivity index (χ4v) is 3.30. The maximum absolute atomic E-state index is 12.1. The first-order chi connectivity index (χ1) is 9.77. The predicted octanol–water partition coefficient (Wildman–Crippen LogP) is 1.21. The molecular formula is C13H17NO6S. The summed E-state index contributed by atoms with van der Waals surface area (Å²) in [6, 6.07) is 4.46.